The maximum absolute atomic E-state index is 10.0. The Morgan fingerprint density at radius 2 is 1.76 bits per heavy atom. The highest BCUT2D eigenvalue weighted by Gasteiger charge is 2.25. The van der Waals surface area contributed by atoms with E-state index in [0.29, 0.717) is 5.92 Å². The molecule has 0 bridgehead atoms. The van der Waals surface area contributed by atoms with Crippen LogP contribution in [-0.4, -0.2) is 35.7 Å². The minimum Gasteiger partial charge on any atom is -0.393 e. The molecule has 2 unspecified atom stereocenters. The molecule has 1 rings (SSSR count). The summed E-state index contributed by atoms with van der Waals surface area (Å²) in [6, 6.07) is 0. The molecule has 0 heterocycles. The van der Waals surface area contributed by atoms with E-state index in [1.165, 1.54) is 38.6 Å². The molecule has 0 amide bonds. The van der Waals surface area contributed by atoms with E-state index < -0.39 is 0 Å². The Morgan fingerprint density at radius 3 is 2.29 bits per heavy atom. The molecular formula is C15H31NO. The van der Waals surface area contributed by atoms with Gasteiger partial charge in [-0.1, -0.05) is 46.5 Å². The van der Waals surface area contributed by atoms with Gasteiger partial charge in [0.05, 0.1) is 6.10 Å². The predicted molar refractivity (Wildman–Crippen MR) is 74.2 cm³/mol. The predicted octanol–water partition coefficient (Wildman–Crippen LogP) is 3.30. The zero-order valence-electron chi connectivity index (χ0n) is 12.0. The molecule has 1 fully saturated rings. The third-order valence-corrected chi connectivity index (χ3v) is 4.48. The minimum absolute atomic E-state index is 0.0421. The van der Waals surface area contributed by atoms with Crippen LogP contribution in [0.15, 0.2) is 0 Å². The summed E-state index contributed by atoms with van der Waals surface area (Å²) in [5.41, 5.74) is 0. The summed E-state index contributed by atoms with van der Waals surface area (Å²) in [6.07, 6.45) is 7.29. The van der Waals surface area contributed by atoms with Gasteiger partial charge < -0.3 is 10.0 Å². The molecule has 0 spiro atoms. The average molecular weight is 241 g/mol. The Labute approximate surface area is 107 Å². The fourth-order valence-electron chi connectivity index (χ4n) is 2.98. The molecule has 2 atom stereocenters. The number of hydrogen-bond donors (Lipinski definition) is 1. The molecule has 1 N–H and O–H groups in total. The van der Waals surface area contributed by atoms with E-state index in [1.807, 2.05) is 0 Å². The van der Waals surface area contributed by atoms with Crippen LogP contribution < -0.4 is 0 Å². The molecule has 0 radical (unpaired) electrons. The summed E-state index contributed by atoms with van der Waals surface area (Å²) in [5, 5.41) is 10.0. The van der Waals surface area contributed by atoms with Crippen molar-refractivity contribution in [2.45, 2.75) is 65.4 Å². The molecule has 1 saturated carbocycles. The fourth-order valence-corrected chi connectivity index (χ4v) is 2.98. The zero-order valence-corrected chi connectivity index (χ0v) is 12.0. The van der Waals surface area contributed by atoms with E-state index in [1.54, 1.807) is 0 Å². The summed E-state index contributed by atoms with van der Waals surface area (Å²) in [6.45, 7) is 10.3. The number of aliphatic hydroxyl groups is 1. The van der Waals surface area contributed by atoms with Gasteiger partial charge in [0, 0.05) is 13.1 Å². The second-order valence-corrected chi connectivity index (χ2v) is 5.65. The van der Waals surface area contributed by atoms with E-state index in [2.05, 4.69) is 25.7 Å². The number of aliphatic hydroxyl groups excluding tert-OH is 1. The zero-order chi connectivity index (χ0) is 12.7. The van der Waals surface area contributed by atoms with Crippen LogP contribution in [0.4, 0.5) is 0 Å². The first-order valence-electron chi connectivity index (χ1n) is 7.61. The van der Waals surface area contributed by atoms with Gasteiger partial charge in [-0.3, -0.25) is 0 Å². The van der Waals surface area contributed by atoms with Gasteiger partial charge in [0.2, 0.25) is 0 Å². The highest BCUT2D eigenvalue weighted by atomic mass is 16.3. The van der Waals surface area contributed by atoms with Crippen molar-refractivity contribution in [1.82, 2.24) is 4.90 Å². The third kappa shape index (κ3) is 4.97. The van der Waals surface area contributed by atoms with Crippen molar-refractivity contribution in [3.8, 4) is 0 Å². The lowest BCUT2D eigenvalue weighted by Crippen LogP contribution is -2.39. The quantitative estimate of drug-likeness (QED) is 0.739. The Balaban J connectivity index is 2.39. The Morgan fingerprint density at radius 1 is 1.12 bits per heavy atom. The summed E-state index contributed by atoms with van der Waals surface area (Å²) in [5.74, 6) is 1.36. The van der Waals surface area contributed by atoms with E-state index in [9.17, 15) is 5.11 Å². The monoisotopic (exact) mass is 241 g/mol. The molecular weight excluding hydrogens is 210 g/mol. The van der Waals surface area contributed by atoms with Crippen molar-refractivity contribution in [3.05, 3.63) is 0 Å². The van der Waals surface area contributed by atoms with Gasteiger partial charge in [0.15, 0.2) is 0 Å². The van der Waals surface area contributed by atoms with Crippen LogP contribution in [0.3, 0.4) is 0 Å². The van der Waals surface area contributed by atoms with Crippen LogP contribution in [0.5, 0.6) is 0 Å². The highest BCUT2D eigenvalue weighted by molar-refractivity contribution is 4.78. The topological polar surface area (TPSA) is 23.5 Å². The molecule has 0 aromatic carbocycles. The first kappa shape index (κ1) is 15.0. The van der Waals surface area contributed by atoms with Crippen LogP contribution >= 0.6 is 0 Å². The smallest absolute Gasteiger partial charge is 0.0580 e. The second kappa shape index (κ2) is 8.10. The van der Waals surface area contributed by atoms with Crippen LogP contribution in [-0.2, 0) is 0 Å². The van der Waals surface area contributed by atoms with Gasteiger partial charge in [-0.2, -0.15) is 0 Å². The first-order valence-corrected chi connectivity index (χ1v) is 7.61. The van der Waals surface area contributed by atoms with E-state index in [-0.39, 0.29) is 6.10 Å². The molecule has 1 aliphatic rings. The molecule has 0 aromatic rings. The Bertz CT molecular complexity index is 191. The molecule has 0 aliphatic heterocycles. The maximum Gasteiger partial charge on any atom is 0.0580 e. The van der Waals surface area contributed by atoms with Gasteiger partial charge in [-0.05, 0) is 31.2 Å². The standard InChI is InChI=1S/C15H31NO/c1-4-13(5-2)11-16(6-3)12-14-9-7-8-10-15(14)17/h13-15,17H,4-12H2,1-3H3. The number of rotatable bonds is 7. The fraction of sp³-hybridized carbons (Fsp3) is 1.00. The molecule has 2 heteroatoms. The van der Waals surface area contributed by atoms with Crippen LogP contribution in [0, 0.1) is 11.8 Å². The molecule has 0 aromatic heterocycles. The molecule has 0 saturated heterocycles. The van der Waals surface area contributed by atoms with Crippen molar-refractivity contribution in [2.75, 3.05) is 19.6 Å². The highest BCUT2D eigenvalue weighted by Crippen LogP contribution is 2.25. The van der Waals surface area contributed by atoms with Crippen molar-refractivity contribution >= 4 is 0 Å². The normalized spacial score (nSPS) is 25.8. The average Bonchev–Trinajstić information content (AvgIpc) is 2.36. The molecule has 102 valence electrons. The first-order chi connectivity index (χ1) is 8.21. The lowest BCUT2D eigenvalue weighted by Gasteiger charge is -2.34. The molecule has 2 nitrogen and oxygen atoms in total. The van der Waals surface area contributed by atoms with E-state index in [0.717, 1.165) is 25.4 Å². The Kier molecular flexibility index (Phi) is 7.14. The van der Waals surface area contributed by atoms with Gasteiger partial charge in [0.1, 0.15) is 0 Å². The maximum atomic E-state index is 10.0. The third-order valence-electron chi connectivity index (χ3n) is 4.48. The van der Waals surface area contributed by atoms with Gasteiger partial charge in [-0.15, -0.1) is 0 Å². The van der Waals surface area contributed by atoms with Crippen molar-refractivity contribution in [2.24, 2.45) is 11.8 Å². The summed E-state index contributed by atoms with van der Waals surface area (Å²) in [4.78, 5) is 2.55. The van der Waals surface area contributed by atoms with Gasteiger partial charge >= 0.3 is 0 Å². The van der Waals surface area contributed by atoms with Crippen molar-refractivity contribution < 1.29 is 5.11 Å². The second-order valence-electron chi connectivity index (χ2n) is 5.65. The summed E-state index contributed by atoms with van der Waals surface area (Å²) in [7, 11) is 0. The van der Waals surface area contributed by atoms with E-state index in [4.69, 9.17) is 0 Å². The summed E-state index contributed by atoms with van der Waals surface area (Å²) >= 11 is 0. The van der Waals surface area contributed by atoms with Crippen LogP contribution in [0.2, 0.25) is 0 Å². The van der Waals surface area contributed by atoms with Crippen molar-refractivity contribution in [3.63, 3.8) is 0 Å². The molecule has 17 heavy (non-hydrogen) atoms. The van der Waals surface area contributed by atoms with Crippen LogP contribution in [0.1, 0.15) is 59.3 Å². The van der Waals surface area contributed by atoms with E-state index >= 15 is 0 Å². The summed E-state index contributed by atoms with van der Waals surface area (Å²) < 4.78 is 0. The minimum atomic E-state index is -0.0421. The SMILES string of the molecule is CCC(CC)CN(CC)CC1CCCCC1O. The lowest BCUT2D eigenvalue weighted by molar-refractivity contribution is 0.0439. The lowest BCUT2D eigenvalue weighted by atomic mass is 9.86. The van der Waals surface area contributed by atoms with Gasteiger partial charge in [-0.25, -0.2) is 0 Å². The number of nitrogens with zero attached hydrogens (tertiary/aromatic N) is 1. The van der Waals surface area contributed by atoms with Crippen LogP contribution in [0.25, 0.3) is 0 Å². The number of hydrogen-bond acceptors (Lipinski definition) is 2. The largest absolute Gasteiger partial charge is 0.393 e. The molecule has 1 aliphatic carbocycles. The van der Waals surface area contributed by atoms with Crippen molar-refractivity contribution in [1.29, 1.82) is 0 Å². The Hall–Kier alpha value is -0.0800. The van der Waals surface area contributed by atoms with Gasteiger partial charge in [0.25, 0.3) is 0 Å².